The fourth-order valence-electron chi connectivity index (χ4n) is 3.92. The third-order valence-corrected chi connectivity index (χ3v) is 5.72. The molecule has 176 valence electrons. The molecule has 0 aliphatic carbocycles. The van der Waals surface area contributed by atoms with Gasteiger partial charge in [0.25, 0.3) is 6.01 Å². The molecule has 1 fully saturated rings. The first kappa shape index (κ1) is 23.0. The molecule has 1 aromatic carbocycles. The Bertz CT molecular complexity index is 1210. The van der Waals surface area contributed by atoms with E-state index in [1.54, 1.807) is 0 Å². The van der Waals surface area contributed by atoms with Gasteiger partial charge in [0.15, 0.2) is 5.58 Å². The number of carboxylic acid groups (broad SMARTS) is 1. The van der Waals surface area contributed by atoms with Gasteiger partial charge in [-0.3, -0.25) is 0 Å². The van der Waals surface area contributed by atoms with Gasteiger partial charge >= 0.3 is 12.3 Å². The molecule has 1 amide bonds. The van der Waals surface area contributed by atoms with Gasteiger partial charge < -0.3 is 24.5 Å². The van der Waals surface area contributed by atoms with Crippen LogP contribution in [0.2, 0.25) is 5.02 Å². The number of halogens is 4. The standard InChI is InChI=1S/C21H20ClF3N4O4/c1-10-6-11(21(23,24)25)7-15(32-2)16(10)14-8-13(22)17-18(27-14)28-19(33-17)26-12-4-3-5-29(9-12)20(30)31/h6-8,12H,3-5,9H2,1-2H3,(H,30,31)(H,26,27,28)/t12-/m1/s1. The quantitative estimate of drug-likeness (QED) is 0.509. The Labute approximate surface area is 191 Å². The summed E-state index contributed by atoms with van der Waals surface area (Å²) in [6, 6.07) is 3.34. The zero-order valence-electron chi connectivity index (χ0n) is 17.7. The van der Waals surface area contributed by atoms with Gasteiger partial charge in [-0.15, -0.1) is 0 Å². The zero-order chi connectivity index (χ0) is 23.9. The van der Waals surface area contributed by atoms with Gasteiger partial charge in [0, 0.05) is 24.7 Å². The van der Waals surface area contributed by atoms with Crippen molar-refractivity contribution in [2.45, 2.75) is 32.0 Å². The molecule has 1 aliphatic rings. The molecule has 2 N–H and O–H groups in total. The number of carbonyl (C=O) groups is 1. The second-order valence-electron chi connectivity index (χ2n) is 7.74. The normalized spacial score (nSPS) is 16.8. The maximum atomic E-state index is 13.2. The van der Waals surface area contributed by atoms with Crippen molar-refractivity contribution < 1.29 is 32.2 Å². The monoisotopic (exact) mass is 484 g/mol. The third kappa shape index (κ3) is 4.63. The van der Waals surface area contributed by atoms with E-state index < -0.39 is 17.8 Å². The Morgan fingerprint density at radius 3 is 2.76 bits per heavy atom. The summed E-state index contributed by atoms with van der Waals surface area (Å²) in [6.07, 6.45) is -4.08. The van der Waals surface area contributed by atoms with Crippen LogP contribution in [-0.4, -0.2) is 52.3 Å². The molecule has 0 radical (unpaired) electrons. The third-order valence-electron chi connectivity index (χ3n) is 5.44. The summed E-state index contributed by atoms with van der Waals surface area (Å²) in [4.78, 5) is 21.3. The minimum Gasteiger partial charge on any atom is -0.496 e. The number of ether oxygens (including phenoxy) is 1. The summed E-state index contributed by atoms with van der Waals surface area (Å²) in [5, 5.41) is 12.4. The maximum absolute atomic E-state index is 13.2. The van der Waals surface area contributed by atoms with Gasteiger partial charge in [-0.25, -0.2) is 9.78 Å². The van der Waals surface area contributed by atoms with Crippen molar-refractivity contribution >= 4 is 34.9 Å². The van der Waals surface area contributed by atoms with Gasteiger partial charge in [0.05, 0.1) is 23.4 Å². The first-order valence-electron chi connectivity index (χ1n) is 10.0. The molecule has 1 aliphatic heterocycles. The number of anilines is 1. The fraction of sp³-hybridized carbons (Fsp3) is 0.381. The summed E-state index contributed by atoms with van der Waals surface area (Å²) in [5.41, 5.74) is 0.483. The van der Waals surface area contributed by atoms with Gasteiger partial charge in [0.2, 0.25) is 5.65 Å². The molecule has 0 spiro atoms. The number of amides is 1. The molecule has 3 aromatic rings. The zero-order valence-corrected chi connectivity index (χ0v) is 18.4. The number of oxazole rings is 1. The molecule has 0 saturated carbocycles. The highest BCUT2D eigenvalue weighted by Crippen LogP contribution is 2.40. The second kappa shape index (κ2) is 8.62. The average molecular weight is 485 g/mol. The Hall–Kier alpha value is -3.21. The topological polar surface area (TPSA) is 101 Å². The summed E-state index contributed by atoms with van der Waals surface area (Å²) in [6.45, 7) is 2.27. The predicted octanol–water partition coefficient (Wildman–Crippen LogP) is 5.43. The molecule has 12 heteroatoms. The summed E-state index contributed by atoms with van der Waals surface area (Å²) in [7, 11) is 1.28. The van der Waals surface area contributed by atoms with Gasteiger partial charge in [-0.2, -0.15) is 18.2 Å². The first-order valence-corrected chi connectivity index (χ1v) is 10.4. The lowest BCUT2D eigenvalue weighted by molar-refractivity contribution is -0.137. The lowest BCUT2D eigenvalue weighted by Gasteiger charge is -2.30. The number of hydrogen-bond donors (Lipinski definition) is 2. The van der Waals surface area contributed by atoms with Crippen LogP contribution < -0.4 is 10.1 Å². The highest BCUT2D eigenvalue weighted by Gasteiger charge is 2.32. The maximum Gasteiger partial charge on any atom is 0.416 e. The van der Waals surface area contributed by atoms with Crippen molar-refractivity contribution in [1.29, 1.82) is 0 Å². The highest BCUT2D eigenvalue weighted by atomic mass is 35.5. The number of pyridine rings is 1. The largest absolute Gasteiger partial charge is 0.496 e. The number of nitrogens with zero attached hydrogens (tertiary/aromatic N) is 3. The lowest BCUT2D eigenvalue weighted by atomic mass is 10.00. The molecular weight excluding hydrogens is 465 g/mol. The van der Waals surface area contributed by atoms with Crippen molar-refractivity contribution in [1.82, 2.24) is 14.9 Å². The van der Waals surface area contributed by atoms with Gasteiger partial charge in [-0.1, -0.05) is 11.6 Å². The van der Waals surface area contributed by atoms with Crippen LogP contribution in [0, 0.1) is 6.92 Å². The second-order valence-corrected chi connectivity index (χ2v) is 8.15. The number of alkyl halides is 3. The molecule has 1 atom stereocenters. The summed E-state index contributed by atoms with van der Waals surface area (Å²) in [5.74, 6) is 0.00283. The van der Waals surface area contributed by atoms with E-state index in [0.29, 0.717) is 24.1 Å². The van der Waals surface area contributed by atoms with Crippen LogP contribution >= 0.6 is 11.6 Å². The molecule has 1 saturated heterocycles. The number of nitrogens with one attached hydrogen (secondary N) is 1. The Balaban J connectivity index is 1.68. The van der Waals surface area contributed by atoms with Crippen LogP contribution in [0.4, 0.5) is 24.0 Å². The number of aromatic nitrogens is 2. The number of aryl methyl sites for hydroxylation is 1. The smallest absolute Gasteiger partial charge is 0.416 e. The number of benzene rings is 1. The number of hydrogen-bond acceptors (Lipinski definition) is 6. The summed E-state index contributed by atoms with van der Waals surface area (Å²) >= 11 is 6.38. The number of methoxy groups -OCH3 is 1. The van der Waals surface area contributed by atoms with Crippen molar-refractivity contribution in [3.8, 4) is 17.0 Å². The van der Waals surface area contributed by atoms with E-state index >= 15 is 0 Å². The van der Waals surface area contributed by atoms with Gasteiger partial charge in [0.1, 0.15) is 5.75 Å². The average Bonchev–Trinajstić information content (AvgIpc) is 3.15. The van der Waals surface area contributed by atoms with E-state index in [1.807, 2.05) is 0 Å². The molecule has 4 rings (SSSR count). The van der Waals surface area contributed by atoms with E-state index in [0.717, 1.165) is 18.6 Å². The molecule has 33 heavy (non-hydrogen) atoms. The highest BCUT2D eigenvalue weighted by molar-refractivity contribution is 6.34. The molecule has 3 heterocycles. The van der Waals surface area contributed by atoms with Crippen LogP contribution in [0.25, 0.3) is 22.5 Å². The van der Waals surface area contributed by atoms with Crippen molar-refractivity contribution in [2.24, 2.45) is 0 Å². The van der Waals surface area contributed by atoms with Gasteiger partial charge in [-0.05, 0) is 43.5 Å². The number of fused-ring (bicyclic) bond motifs is 1. The van der Waals surface area contributed by atoms with Crippen LogP contribution in [0.15, 0.2) is 22.6 Å². The summed E-state index contributed by atoms with van der Waals surface area (Å²) < 4.78 is 50.5. The van der Waals surface area contributed by atoms with E-state index in [9.17, 15) is 23.1 Å². The lowest BCUT2D eigenvalue weighted by Crippen LogP contribution is -2.44. The Morgan fingerprint density at radius 1 is 1.33 bits per heavy atom. The van der Waals surface area contributed by atoms with E-state index in [-0.39, 0.29) is 46.3 Å². The van der Waals surface area contributed by atoms with Crippen LogP contribution in [0.1, 0.15) is 24.0 Å². The minimum absolute atomic E-state index is 0.00283. The number of likely N-dealkylation sites (tertiary alicyclic amines) is 1. The minimum atomic E-state index is -4.52. The SMILES string of the molecule is COc1cc(C(F)(F)F)cc(C)c1-c1cc(Cl)c2oc(N[C@@H]3CCCN(C(=O)O)C3)nc2n1. The molecule has 2 aromatic heterocycles. The van der Waals surface area contributed by atoms with Crippen LogP contribution in [-0.2, 0) is 6.18 Å². The first-order chi connectivity index (χ1) is 15.6. The van der Waals surface area contributed by atoms with Crippen LogP contribution in [0.5, 0.6) is 5.75 Å². The van der Waals surface area contributed by atoms with E-state index in [2.05, 4.69) is 15.3 Å². The molecule has 8 nitrogen and oxygen atoms in total. The molecule has 0 bridgehead atoms. The predicted molar refractivity (Wildman–Crippen MR) is 115 cm³/mol. The molecular formula is C21H20ClF3N4O4. The molecule has 0 unspecified atom stereocenters. The fourth-order valence-corrected chi connectivity index (χ4v) is 4.14. The van der Waals surface area contributed by atoms with E-state index in [1.165, 1.54) is 25.0 Å². The number of piperidine rings is 1. The van der Waals surface area contributed by atoms with Crippen molar-refractivity contribution in [3.63, 3.8) is 0 Å². The van der Waals surface area contributed by atoms with E-state index in [4.69, 9.17) is 20.8 Å². The van der Waals surface area contributed by atoms with Crippen LogP contribution in [0.3, 0.4) is 0 Å². The van der Waals surface area contributed by atoms with Crippen molar-refractivity contribution in [3.05, 3.63) is 34.3 Å². The number of rotatable bonds is 4. The van der Waals surface area contributed by atoms with Crippen molar-refractivity contribution in [2.75, 3.05) is 25.5 Å². The Kier molecular flexibility index (Phi) is 6.00. The Morgan fingerprint density at radius 2 is 2.09 bits per heavy atom.